The summed E-state index contributed by atoms with van der Waals surface area (Å²) in [6.07, 6.45) is 1.53. The Labute approximate surface area is 142 Å². The summed E-state index contributed by atoms with van der Waals surface area (Å²) < 4.78 is 23.8. The Morgan fingerprint density at radius 1 is 1.38 bits per heavy atom. The second kappa shape index (κ2) is 7.09. The number of amides is 1. The molecule has 3 rings (SSSR count). The first-order valence-corrected chi connectivity index (χ1v) is 8.46. The number of esters is 1. The first-order chi connectivity index (χ1) is 11.6. The zero-order chi connectivity index (χ0) is 17.1. The summed E-state index contributed by atoms with van der Waals surface area (Å²) in [6.45, 7) is 1.38. The number of hydrogen-bond donors (Lipinski definition) is 0. The predicted molar refractivity (Wildman–Crippen MR) is 86.4 cm³/mol. The molecule has 0 unspecified atom stereocenters. The van der Waals surface area contributed by atoms with Gasteiger partial charge in [-0.15, -0.1) is 11.8 Å². The van der Waals surface area contributed by atoms with Crippen molar-refractivity contribution in [2.24, 2.45) is 0 Å². The van der Waals surface area contributed by atoms with E-state index in [1.807, 2.05) is 0 Å². The molecule has 1 aromatic heterocycles. The van der Waals surface area contributed by atoms with Crippen molar-refractivity contribution in [3.05, 3.63) is 59.8 Å². The fourth-order valence-corrected chi connectivity index (χ4v) is 4.02. The summed E-state index contributed by atoms with van der Waals surface area (Å²) in [6, 6.07) is 8.69. The van der Waals surface area contributed by atoms with E-state index in [1.54, 1.807) is 24.3 Å². The number of halogens is 1. The van der Waals surface area contributed by atoms with Crippen LogP contribution in [0, 0.1) is 5.82 Å². The minimum Gasteiger partial charge on any atom is -0.466 e. The van der Waals surface area contributed by atoms with E-state index in [9.17, 15) is 14.0 Å². The van der Waals surface area contributed by atoms with Crippen molar-refractivity contribution in [1.29, 1.82) is 0 Å². The summed E-state index contributed by atoms with van der Waals surface area (Å²) in [5.41, 5.74) is 0.561. The summed E-state index contributed by atoms with van der Waals surface area (Å²) in [7, 11) is 0. The Hall–Kier alpha value is -2.28. The van der Waals surface area contributed by atoms with Crippen molar-refractivity contribution in [3.8, 4) is 0 Å². The van der Waals surface area contributed by atoms with E-state index in [2.05, 4.69) is 0 Å². The van der Waals surface area contributed by atoms with E-state index in [0.29, 0.717) is 17.1 Å². The third-order valence-electron chi connectivity index (χ3n) is 3.69. The third kappa shape index (κ3) is 3.46. The van der Waals surface area contributed by atoms with E-state index < -0.39 is 12.0 Å². The fourth-order valence-electron chi connectivity index (χ4n) is 2.60. The lowest BCUT2D eigenvalue weighted by Crippen LogP contribution is -2.42. The molecule has 0 aliphatic carbocycles. The number of thioether (sulfide) groups is 1. The lowest BCUT2D eigenvalue weighted by Gasteiger charge is -2.25. The lowest BCUT2D eigenvalue weighted by molar-refractivity contribution is -0.154. The molecule has 2 aromatic rings. The van der Waals surface area contributed by atoms with Crippen LogP contribution in [0.25, 0.3) is 0 Å². The number of benzene rings is 1. The van der Waals surface area contributed by atoms with Gasteiger partial charge in [-0.05, 0) is 29.8 Å². The molecule has 1 saturated heterocycles. The van der Waals surface area contributed by atoms with Crippen LogP contribution in [-0.2, 0) is 20.9 Å². The Balaban J connectivity index is 1.68. The van der Waals surface area contributed by atoms with Gasteiger partial charge in [0.15, 0.2) is 0 Å². The SMILES string of the molecule is CC(=O)N1[C@H](C(=O)OCc2cccc(F)c2)CS[C@H]1c1ccco1. The van der Waals surface area contributed by atoms with Crippen LogP contribution in [-0.4, -0.2) is 28.6 Å². The minimum absolute atomic E-state index is 0.0328. The lowest BCUT2D eigenvalue weighted by atomic mass is 10.2. The van der Waals surface area contributed by atoms with Crippen LogP contribution in [0.5, 0.6) is 0 Å². The summed E-state index contributed by atoms with van der Waals surface area (Å²) in [5, 5.41) is -0.343. The van der Waals surface area contributed by atoms with Crippen LogP contribution in [0.3, 0.4) is 0 Å². The fraction of sp³-hybridized carbons (Fsp3) is 0.294. The zero-order valence-electron chi connectivity index (χ0n) is 13.0. The number of hydrogen-bond acceptors (Lipinski definition) is 5. The zero-order valence-corrected chi connectivity index (χ0v) is 13.8. The van der Waals surface area contributed by atoms with Gasteiger partial charge in [-0.25, -0.2) is 9.18 Å². The number of rotatable bonds is 4. The van der Waals surface area contributed by atoms with Gasteiger partial charge in [0.25, 0.3) is 0 Å². The molecule has 2 atom stereocenters. The molecule has 1 aliphatic heterocycles. The minimum atomic E-state index is -0.684. The number of ether oxygens (including phenoxy) is 1. The van der Waals surface area contributed by atoms with Gasteiger partial charge in [-0.2, -0.15) is 0 Å². The van der Waals surface area contributed by atoms with Crippen molar-refractivity contribution in [2.75, 3.05) is 5.75 Å². The molecule has 1 amide bonds. The topological polar surface area (TPSA) is 59.8 Å². The quantitative estimate of drug-likeness (QED) is 0.794. The van der Waals surface area contributed by atoms with Crippen molar-refractivity contribution >= 4 is 23.6 Å². The highest BCUT2D eigenvalue weighted by Gasteiger charge is 2.43. The normalized spacial score (nSPS) is 20.2. The predicted octanol–water partition coefficient (Wildman–Crippen LogP) is 3.12. The standard InChI is InChI=1S/C17H16FNO4S/c1-11(20)19-14(10-24-16(19)15-6-3-7-22-15)17(21)23-9-12-4-2-5-13(18)8-12/h2-8,14,16H,9-10H2,1H3/t14-,16-/m0/s1. The van der Waals surface area contributed by atoms with Crippen LogP contribution in [0.1, 0.15) is 23.6 Å². The molecule has 7 heteroatoms. The Morgan fingerprint density at radius 2 is 2.21 bits per heavy atom. The van der Waals surface area contributed by atoms with Gasteiger partial charge in [-0.3, -0.25) is 4.79 Å². The first-order valence-electron chi connectivity index (χ1n) is 7.41. The van der Waals surface area contributed by atoms with E-state index in [-0.39, 0.29) is 23.7 Å². The second-order valence-corrected chi connectivity index (χ2v) is 6.49. The molecular formula is C17H16FNO4S. The maximum atomic E-state index is 13.2. The van der Waals surface area contributed by atoms with E-state index in [1.165, 1.54) is 42.0 Å². The molecule has 0 spiro atoms. The number of carbonyl (C=O) groups is 2. The maximum Gasteiger partial charge on any atom is 0.330 e. The van der Waals surface area contributed by atoms with Crippen LogP contribution >= 0.6 is 11.8 Å². The monoisotopic (exact) mass is 349 g/mol. The van der Waals surface area contributed by atoms with Gasteiger partial charge in [0.1, 0.15) is 29.6 Å². The van der Waals surface area contributed by atoms with Crippen LogP contribution in [0.2, 0.25) is 0 Å². The van der Waals surface area contributed by atoms with Crippen molar-refractivity contribution in [3.63, 3.8) is 0 Å². The summed E-state index contributed by atoms with van der Waals surface area (Å²) >= 11 is 1.45. The second-order valence-electron chi connectivity index (χ2n) is 5.38. The molecule has 2 heterocycles. The summed E-state index contributed by atoms with van der Waals surface area (Å²) in [4.78, 5) is 25.8. The largest absolute Gasteiger partial charge is 0.466 e. The van der Waals surface area contributed by atoms with Crippen LogP contribution in [0.15, 0.2) is 47.1 Å². The number of nitrogens with zero attached hydrogens (tertiary/aromatic N) is 1. The van der Waals surface area contributed by atoms with E-state index in [4.69, 9.17) is 9.15 Å². The van der Waals surface area contributed by atoms with E-state index in [0.717, 1.165) is 0 Å². The van der Waals surface area contributed by atoms with E-state index >= 15 is 0 Å². The average Bonchev–Trinajstić information content (AvgIpc) is 3.21. The highest BCUT2D eigenvalue weighted by Crippen LogP contribution is 2.41. The Morgan fingerprint density at radius 3 is 2.88 bits per heavy atom. The molecule has 1 fully saturated rings. The first kappa shape index (κ1) is 16.6. The summed E-state index contributed by atoms with van der Waals surface area (Å²) in [5.74, 6) is -0.0728. The maximum absolute atomic E-state index is 13.2. The average molecular weight is 349 g/mol. The van der Waals surface area contributed by atoms with Crippen LogP contribution < -0.4 is 0 Å². The molecule has 0 radical (unpaired) electrons. The third-order valence-corrected chi connectivity index (χ3v) is 4.98. The van der Waals surface area contributed by atoms with Gasteiger partial charge < -0.3 is 14.1 Å². The van der Waals surface area contributed by atoms with Gasteiger partial charge in [0, 0.05) is 12.7 Å². The van der Waals surface area contributed by atoms with Crippen LogP contribution in [0.4, 0.5) is 4.39 Å². The van der Waals surface area contributed by atoms with Gasteiger partial charge in [0.05, 0.1) is 6.26 Å². The van der Waals surface area contributed by atoms with Gasteiger partial charge >= 0.3 is 5.97 Å². The van der Waals surface area contributed by atoms with Crippen molar-refractivity contribution in [2.45, 2.75) is 24.9 Å². The van der Waals surface area contributed by atoms with Gasteiger partial charge in [-0.1, -0.05) is 12.1 Å². The molecule has 1 aliphatic rings. The molecular weight excluding hydrogens is 333 g/mol. The van der Waals surface area contributed by atoms with Crippen molar-refractivity contribution < 1.29 is 23.1 Å². The molecule has 0 saturated carbocycles. The van der Waals surface area contributed by atoms with Crippen molar-refractivity contribution in [1.82, 2.24) is 4.90 Å². The molecule has 5 nitrogen and oxygen atoms in total. The highest BCUT2D eigenvalue weighted by atomic mass is 32.2. The number of furan rings is 1. The number of carbonyl (C=O) groups excluding carboxylic acids is 2. The molecule has 0 N–H and O–H groups in total. The molecule has 24 heavy (non-hydrogen) atoms. The highest BCUT2D eigenvalue weighted by molar-refractivity contribution is 7.99. The Kier molecular flexibility index (Phi) is 4.89. The smallest absolute Gasteiger partial charge is 0.330 e. The Bertz CT molecular complexity index is 734. The molecule has 1 aromatic carbocycles. The van der Waals surface area contributed by atoms with Gasteiger partial charge in [0.2, 0.25) is 5.91 Å². The molecule has 0 bridgehead atoms. The molecule has 126 valence electrons.